The van der Waals surface area contributed by atoms with Crippen LogP contribution in [0.25, 0.3) is 0 Å². The second kappa shape index (κ2) is 11.7. The van der Waals surface area contributed by atoms with Crippen LogP contribution in [0.5, 0.6) is 0 Å². The molecular formula is C25H25ClF7NO4S. The third kappa shape index (κ3) is 7.92. The first-order valence-corrected chi connectivity index (χ1v) is 13.9. The molecule has 0 aliphatic carbocycles. The highest BCUT2D eigenvalue weighted by molar-refractivity contribution is 7.85. The maximum absolute atomic E-state index is 14.3. The molecule has 2 aromatic rings. The Labute approximate surface area is 225 Å². The number of nitrogens with one attached hydrogen (secondary N) is 1. The highest BCUT2D eigenvalue weighted by Crippen LogP contribution is 2.45. The van der Waals surface area contributed by atoms with Gasteiger partial charge in [0.2, 0.25) is 0 Å². The van der Waals surface area contributed by atoms with Crippen LogP contribution in [0.15, 0.2) is 36.4 Å². The fourth-order valence-corrected chi connectivity index (χ4v) is 5.49. The first kappa shape index (κ1) is 31.3. The summed E-state index contributed by atoms with van der Waals surface area (Å²) in [5.41, 5.74) is -5.36. The second-order valence-electron chi connectivity index (χ2n) is 9.47. The van der Waals surface area contributed by atoms with Crippen LogP contribution in [0.1, 0.15) is 47.9 Å². The van der Waals surface area contributed by atoms with Crippen molar-refractivity contribution < 1.29 is 48.1 Å². The van der Waals surface area contributed by atoms with Gasteiger partial charge in [0, 0.05) is 17.0 Å². The number of carbonyl (C=O) groups is 1. The number of rotatable bonds is 8. The molecule has 0 saturated carbocycles. The molecule has 0 radical (unpaired) electrons. The molecule has 1 heterocycles. The van der Waals surface area contributed by atoms with Crippen LogP contribution in [0.4, 0.5) is 30.7 Å². The van der Waals surface area contributed by atoms with Crippen molar-refractivity contribution in [2.24, 2.45) is 0 Å². The molecule has 0 amide bonds. The zero-order valence-electron chi connectivity index (χ0n) is 20.6. The number of alkyl halides is 6. The number of hydrogen-bond donors (Lipinski definition) is 1. The van der Waals surface area contributed by atoms with Gasteiger partial charge in [0.05, 0.1) is 30.0 Å². The molecule has 39 heavy (non-hydrogen) atoms. The van der Waals surface area contributed by atoms with Gasteiger partial charge in [-0.3, -0.25) is 8.98 Å². The molecule has 1 aliphatic heterocycles. The topological polar surface area (TPSA) is 72.5 Å². The number of benzene rings is 2. The maximum Gasteiger partial charge on any atom is 0.417 e. The summed E-state index contributed by atoms with van der Waals surface area (Å²) >= 11 is 6.04. The number of halogens is 8. The molecule has 3 rings (SSSR count). The maximum atomic E-state index is 14.3. The van der Waals surface area contributed by atoms with E-state index >= 15 is 0 Å². The SMILES string of the molecule is CS(=O)(=O)OCCC1(c2ccc(C(F)(F)F)c(C(F)(F)F)c2)CCCNC(C(=O)Cc2c(F)cccc2Cl)C1. The molecule has 1 saturated heterocycles. The van der Waals surface area contributed by atoms with Gasteiger partial charge in [0.1, 0.15) is 5.82 Å². The van der Waals surface area contributed by atoms with Gasteiger partial charge < -0.3 is 5.32 Å². The number of hydrogen-bond acceptors (Lipinski definition) is 5. The van der Waals surface area contributed by atoms with Crippen molar-refractivity contribution >= 4 is 27.5 Å². The minimum absolute atomic E-state index is 0.00217. The lowest BCUT2D eigenvalue weighted by Crippen LogP contribution is -2.42. The summed E-state index contributed by atoms with van der Waals surface area (Å²) in [6, 6.07) is 4.47. The first-order valence-electron chi connectivity index (χ1n) is 11.8. The van der Waals surface area contributed by atoms with Crippen molar-refractivity contribution in [3.05, 3.63) is 69.5 Å². The van der Waals surface area contributed by atoms with Crippen LogP contribution in [-0.4, -0.2) is 39.7 Å². The predicted octanol–water partition coefficient (Wildman–Crippen LogP) is 6.07. The van der Waals surface area contributed by atoms with Crippen molar-refractivity contribution in [1.82, 2.24) is 5.32 Å². The summed E-state index contributed by atoms with van der Waals surface area (Å²) in [6.07, 6.45) is -10.3. The Balaban J connectivity index is 2.07. The molecule has 2 aromatic carbocycles. The van der Waals surface area contributed by atoms with E-state index in [2.05, 4.69) is 5.32 Å². The Morgan fingerprint density at radius 1 is 1.10 bits per heavy atom. The highest BCUT2D eigenvalue weighted by Gasteiger charge is 2.45. The van der Waals surface area contributed by atoms with Crippen molar-refractivity contribution in [3.63, 3.8) is 0 Å². The number of ketones is 1. The van der Waals surface area contributed by atoms with Gasteiger partial charge >= 0.3 is 12.4 Å². The van der Waals surface area contributed by atoms with E-state index in [1.165, 1.54) is 12.1 Å². The third-order valence-electron chi connectivity index (χ3n) is 6.74. The fourth-order valence-electron chi connectivity index (χ4n) is 4.87. The summed E-state index contributed by atoms with van der Waals surface area (Å²) in [6.45, 7) is -0.260. The molecule has 2 unspecified atom stereocenters. The molecular weight excluding hydrogens is 579 g/mol. The van der Waals surface area contributed by atoms with Crippen LogP contribution in [0.3, 0.4) is 0 Å². The standard InChI is InChI=1S/C25H25ClF7NO4S/c1-39(36,37)38-11-9-23(15-6-7-17(24(28,29)30)18(12-15)25(31,32)33)8-3-10-34-21(14-23)22(35)13-16-19(26)4-2-5-20(16)27/h2,4-7,12,21,34H,3,8-11,13-14H2,1H3. The lowest BCUT2D eigenvalue weighted by Gasteiger charge is -2.36. The molecule has 0 spiro atoms. The largest absolute Gasteiger partial charge is 0.417 e. The van der Waals surface area contributed by atoms with Crippen LogP contribution in [-0.2, 0) is 43.3 Å². The van der Waals surface area contributed by atoms with Gasteiger partial charge in [-0.2, -0.15) is 34.8 Å². The zero-order valence-corrected chi connectivity index (χ0v) is 22.1. The molecule has 1 aliphatic rings. The Morgan fingerprint density at radius 2 is 1.77 bits per heavy atom. The van der Waals surface area contributed by atoms with Crippen molar-refractivity contribution in [2.75, 3.05) is 19.4 Å². The third-order valence-corrected chi connectivity index (χ3v) is 7.69. The minimum Gasteiger partial charge on any atom is -0.307 e. The second-order valence-corrected chi connectivity index (χ2v) is 11.5. The van der Waals surface area contributed by atoms with Gasteiger partial charge in [0.25, 0.3) is 10.1 Å². The Bertz CT molecular complexity index is 1290. The van der Waals surface area contributed by atoms with Crippen molar-refractivity contribution in [3.8, 4) is 0 Å². The lowest BCUT2D eigenvalue weighted by molar-refractivity contribution is -0.162. The monoisotopic (exact) mass is 603 g/mol. The van der Waals surface area contributed by atoms with E-state index in [0.717, 1.165) is 18.4 Å². The van der Waals surface area contributed by atoms with Crippen LogP contribution >= 0.6 is 11.6 Å². The van der Waals surface area contributed by atoms with Gasteiger partial charge in [-0.1, -0.05) is 23.7 Å². The van der Waals surface area contributed by atoms with Crippen LogP contribution < -0.4 is 5.32 Å². The molecule has 0 bridgehead atoms. The Hall–Kier alpha value is -2.22. The van der Waals surface area contributed by atoms with Gasteiger partial charge in [-0.25, -0.2) is 4.39 Å². The van der Waals surface area contributed by atoms with E-state index in [4.69, 9.17) is 15.8 Å². The normalized spacial score (nSPS) is 21.0. The average Bonchev–Trinajstić information content (AvgIpc) is 3.03. The molecule has 14 heteroatoms. The highest BCUT2D eigenvalue weighted by atomic mass is 35.5. The Kier molecular flexibility index (Phi) is 9.41. The first-order chi connectivity index (χ1) is 17.9. The average molecular weight is 604 g/mol. The fraction of sp³-hybridized carbons (Fsp3) is 0.480. The van der Waals surface area contributed by atoms with Crippen LogP contribution in [0.2, 0.25) is 5.02 Å². The van der Waals surface area contributed by atoms with Gasteiger partial charge in [0.15, 0.2) is 5.78 Å². The van der Waals surface area contributed by atoms with Crippen molar-refractivity contribution in [2.45, 2.75) is 55.9 Å². The van der Waals surface area contributed by atoms with E-state index < -0.39 is 69.7 Å². The van der Waals surface area contributed by atoms with E-state index in [1.54, 1.807) is 0 Å². The molecule has 1 N–H and O–H groups in total. The van der Waals surface area contributed by atoms with E-state index in [-0.39, 0.29) is 42.0 Å². The molecule has 216 valence electrons. The lowest BCUT2D eigenvalue weighted by atomic mass is 9.69. The summed E-state index contributed by atoms with van der Waals surface area (Å²) in [7, 11) is -3.95. The summed E-state index contributed by atoms with van der Waals surface area (Å²) in [5, 5.41) is 2.98. The quantitative estimate of drug-likeness (QED) is 0.293. The van der Waals surface area contributed by atoms with E-state index in [0.29, 0.717) is 18.6 Å². The summed E-state index contributed by atoms with van der Waals surface area (Å²) in [4.78, 5) is 13.2. The smallest absolute Gasteiger partial charge is 0.307 e. The zero-order chi connectivity index (χ0) is 29.2. The predicted molar refractivity (Wildman–Crippen MR) is 129 cm³/mol. The summed E-state index contributed by atoms with van der Waals surface area (Å²) in [5.74, 6) is -1.27. The van der Waals surface area contributed by atoms with E-state index in [9.17, 15) is 43.9 Å². The van der Waals surface area contributed by atoms with Crippen LogP contribution in [0, 0.1) is 5.82 Å². The molecule has 5 nitrogen and oxygen atoms in total. The van der Waals surface area contributed by atoms with E-state index in [1.807, 2.05) is 0 Å². The number of Topliss-reactive ketones (excluding diaryl/α,β-unsaturated/α-hetero) is 1. The summed E-state index contributed by atoms with van der Waals surface area (Å²) < 4.78 is 124. The van der Waals surface area contributed by atoms with Crippen molar-refractivity contribution in [1.29, 1.82) is 0 Å². The molecule has 2 atom stereocenters. The molecule has 1 fully saturated rings. The number of carbonyl (C=O) groups excluding carboxylic acids is 1. The molecule has 0 aromatic heterocycles. The van der Waals surface area contributed by atoms with Gasteiger partial charge in [-0.15, -0.1) is 0 Å². The van der Waals surface area contributed by atoms with Gasteiger partial charge in [-0.05, 0) is 67.5 Å². The minimum atomic E-state index is -5.34. The Morgan fingerprint density at radius 3 is 2.36 bits per heavy atom.